The number of rotatable bonds is 2. The lowest BCUT2D eigenvalue weighted by Gasteiger charge is -2.33. The third-order valence-corrected chi connectivity index (χ3v) is 3.25. The summed E-state index contributed by atoms with van der Waals surface area (Å²) in [5, 5.41) is 6.74. The van der Waals surface area contributed by atoms with Crippen LogP contribution in [0.1, 0.15) is 43.1 Å². The van der Waals surface area contributed by atoms with Crippen molar-refractivity contribution >= 4 is 11.8 Å². The van der Waals surface area contributed by atoms with E-state index in [2.05, 4.69) is 15.2 Å². The Balaban J connectivity index is 1.99. The van der Waals surface area contributed by atoms with Crippen molar-refractivity contribution in [2.24, 2.45) is 0 Å². The van der Waals surface area contributed by atoms with Crippen molar-refractivity contribution in [3.63, 3.8) is 0 Å². The molecular formula is C12H19N5O2. The number of piperazine rings is 1. The molecule has 0 unspecified atom stereocenters. The summed E-state index contributed by atoms with van der Waals surface area (Å²) in [5.74, 6) is 1.01. The van der Waals surface area contributed by atoms with E-state index in [1.165, 1.54) is 0 Å². The number of carbonyl (C=O) groups is 2. The number of nitrogens with zero attached hydrogens (tertiary/aromatic N) is 4. The second kappa shape index (κ2) is 5.38. The summed E-state index contributed by atoms with van der Waals surface area (Å²) in [6, 6.07) is 0. The summed E-state index contributed by atoms with van der Waals surface area (Å²) in [6.07, 6.45) is 0. The zero-order chi connectivity index (χ0) is 14.0. The van der Waals surface area contributed by atoms with Crippen LogP contribution in [-0.4, -0.2) is 63.0 Å². The van der Waals surface area contributed by atoms with Gasteiger partial charge in [0.25, 0.3) is 5.91 Å². The Morgan fingerprint density at radius 3 is 2.21 bits per heavy atom. The van der Waals surface area contributed by atoms with Gasteiger partial charge in [0.1, 0.15) is 5.82 Å². The van der Waals surface area contributed by atoms with Crippen molar-refractivity contribution in [2.45, 2.75) is 26.7 Å². The number of carbonyl (C=O) groups excluding carboxylic acids is 2. The first-order valence-electron chi connectivity index (χ1n) is 6.46. The Hall–Kier alpha value is -1.92. The number of hydrogen-bond acceptors (Lipinski definition) is 4. The van der Waals surface area contributed by atoms with E-state index in [0.29, 0.717) is 32.0 Å². The number of aromatic nitrogens is 3. The van der Waals surface area contributed by atoms with Crippen molar-refractivity contribution in [3.8, 4) is 0 Å². The highest BCUT2D eigenvalue weighted by molar-refractivity contribution is 5.90. The van der Waals surface area contributed by atoms with Crippen LogP contribution < -0.4 is 0 Å². The molecule has 2 rings (SSSR count). The molecule has 1 aromatic rings. The molecule has 19 heavy (non-hydrogen) atoms. The molecule has 1 N–H and O–H groups in total. The summed E-state index contributed by atoms with van der Waals surface area (Å²) in [4.78, 5) is 31.0. The van der Waals surface area contributed by atoms with Gasteiger partial charge in [-0.15, -0.1) is 5.10 Å². The van der Waals surface area contributed by atoms with Crippen LogP contribution in [0.3, 0.4) is 0 Å². The van der Waals surface area contributed by atoms with E-state index in [0.717, 1.165) is 0 Å². The highest BCUT2D eigenvalue weighted by Crippen LogP contribution is 2.10. The fourth-order valence-corrected chi connectivity index (χ4v) is 1.99. The van der Waals surface area contributed by atoms with E-state index in [-0.39, 0.29) is 23.6 Å². The quantitative estimate of drug-likeness (QED) is 0.830. The molecule has 1 fully saturated rings. The molecule has 1 aliphatic rings. The van der Waals surface area contributed by atoms with Crippen LogP contribution in [0.15, 0.2) is 0 Å². The largest absolute Gasteiger partial charge is 0.339 e. The Bertz CT molecular complexity index is 474. The van der Waals surface area contributed by atoms with Crippen molar-refractivity contribution in [1.29, 1.82) is 0 Å². The first-order chi connectivity index (χ1) is 8.99. The highest BCUT2D eigenvalue weighted by atomic mass is 16.2. The van der Waals surface area contributed by atoms with Gasteiger partial charge in [0, 0.05) is 39.0 Å². The summed E-state index contributed by atoms with van der Waals surface area (Å²) < 4.78 is 0. The second-order valence-corrected chi connectivity index (χ2v) is 5.00. The van der Waals surface area contributed by atoms with Crippen molar-refractivity contribution in [1.82, 2.24) is 25.0 Å². The maximum atomic E-state index is 12.2. The first kappa shape index (κ1) is 13.5. The van der Waals surface area contributed by atoms with Gasteiger partial charge in [0.15, 0.2) is 0 Å². The number of H-pyrrole nitrogens is 1. The molecular weight excluding hydrogens is 246 g/mol. The Morgan fingerprint density at radius 2 is 1.74 bits per heavy atom. The molecule has 2 amide bonds. The zero-order valence-electron chi connectivity index (χ0n) is 11.5. The van der Waals surface area contributed by atoms with Gasteiger partial charge >= 0.3 is 0 Å². The average Bonchev–Trinajstić information content (AvgIpc) is 2.87. The molecule has 104 valence electrons. The molecule has 7 heteroatoms. The standard InChI is InChI=1S/C12H19N5O2/c1-8(2)10-13-11(15-14-10)12(19)17-6-4-16(5-7-17)9(3)18/h8H,4-7H2,1-3H3,(H,13,14,15). The van der Waals surface area contributed by atoms with Gasteiger partial charge in [-0.2, -0.15) is 0 Å². The van der Waals surface area contributed by atoms with Gasteiger partial charge in [0.05, 0.1) is 0 Å². The third kappa shape index (κ3) is 2.91. The normalized spacial score (nSPS) is 16.0. The van der Waals surface area contributed by atoms with E-state index < -0.39 is 0 Å². The van der Waals surface area contributed by atoms with Crippen LogP contribution in [0.25, 0.3) is 0 Å². The molecule has 0 bridgehead atoms. The lowest BCUT2D eigenvalue weighted by atomic mass is 10.2. The van der Waals surface area contributed by atoms with Gasteiger partial charge in [-0.25, -0.2) is 4.98 Å². The molecule has 0 aliphatic carbocycles. The van der Waals surface area contributed by atoms with Gasteiger partial charge in [-0.1, -0.05) is 13.8 Å². The van der Waals surface area contributed by atoms with Crippen molar-refractivity contribution in [2.75, 3.05) is 26.2 Å². The fourth-order valence-electron chi connectivity index (χ4n) is 1.99. The maximum Gasteiger partial charge on any atom is 0.293 e. The highest BCUT2D eigenvalue weighted by Gasteiger charge is 2.25. The van der Waals surface area contributed by atoms with Crippen LogP contribution in [0.5, 0.6) is 0 Å². The number of hydrogen-bond donors (Lipinski definition) is 1. The Kier molecular flexibility index (Phi) is 3.82. The summed E-state index contributed by atoms with van der Waals surface area (Å²) in [5.41, 5.74) is 0. The molecule has 1 saturated heterocycles. The fraction of sp³-hybridized carbons (Fsp3) is 0.667. The van der Waals surface area contributed by atoms with Crippen LogP contribution in [0.4, 0.5) is 0 Å². The molecule has 0 radical (unpaired) electrons. The first-order valence-corrected chi connectivity index (χ1v) is 6.46. The van der Waals surface area contributed by atoms with E-state index in [9.17, 15) is 9.59 Å². The van der Waals surface area contributed by atoms with Crippen LogP contribution in [0, 0.1) is 0 Å². The minimum absolute atomic E-state index is 0.0482. The monoisotopic (exact) mass is 265 g/mol. The average molecular weight is 265 g/mol. The minimum atomic E-state index is -0.175. The minimum Gasteiger partial charge on any atom is -0.339 e. The predicted molar refractivity (Wildman–Crippen MR) is 68.6 cm³/mol. The number of nitrogens with one attached hydrogen (secondary N) is 1. The Morgan fingerprint density at radius 1 is 1.16 bits per heavy atom. The lowest BCUT2D eigenvalue weighted by molar-refractivity contribution is -0.130. The molecule has 7 nitrogen and oxygen atoms in total. The van der Waals surface area contributed by atoms with Crippen LogP contribution in [-0.2, 0) is 4.79 Å². The summed E-state index contributed by atoms with van der Waals surface area (Å²) in [6.45, 7) is 7.72. The summed E-state index contributed by atoms with van der Waals surface area (Å²) in [7, 11) is 0. The number of aromatic amines is 1. The third-order valence-electron chi connectivity index (χ3n) is 3.25. The van der Waals surface area contributed by atoms with Gasteiger partial charge in [-0.05, 0) is 0 Å². The van der Waals surface area contributed by atoms with E-state index in [1.807, 2.05) is 13.8 Å². The molecule has 0 saturated carbocycles. The predicted octanol–water partition coefficient (Wildman–Crippen LogP) is 0.232. The van der Waals surface area contributed by atoms with Gasteiger partial charge in [0.2, 0.25) is 11.7 Å². The van der Waals surface area contributed by atoms with Crippen molar-refractivity contribution < 1.29 is 9.59 Å². The Labute approximate surface area is 112 Å². The van der Waals surface area contributed by atoms with E-state index >= 15 is 0 Å². The number of amides is 2. The van der Waals surface area contributed by atoms with Crippen molar-refractivity contribution in [3.05, 3.63) is 11.6 Å². The summed E-state index contributed by atoms with van der Waals surface area (Å²) >= 11 is 0. The zero-order valence-corrected chi connectivity index (χ0v) is 11.5. The van der Waals surface area contributed by atoms with Gasteiger partial charge < -0.3 is 9.80 Å². The molecule has 0 atom stereocenters. The molecule has 2 heterocycles. The van der Waals surface area contributed by atoms with Crippen LogP contribution >= 0.6 is 0 Å². The molecule has 1 aromatic heterocycles. The topological polar surface area (TPSA) is 82.2 Å². The van der Waals surface area contributed by atoms with Gasteiger partial charge in [-0.3, -0.25) is 14.7 Å². The lowest BCUT2D eigenvalue weighted by Crippen LogP contribution is -2.50. The second-order valence-electron chi connectivity index (χ2n) is 5.00. The maximum absolute atomic E-state index is 12.2. The molecule has 0 spiro atoms. The van der Waals surface area contributed by atoms with E-state index in [1.54, 1.807) is 16.7 Å². The van der Waals surface area contributed by atoms with Crippen LogP contribution in [0.2, 0.25) is 0 Å². The smallest absolute Gasteiger partial charge is 0.293 e. The van der Waals surface area contributed by atoms with E-state index in [4.69, 9.17) is 0 Å². The molecule has 1 aliphatic heterocycles. The SMILES string of the molecule is CC(=O)N1CCN(C(=O)c2n[nH]c(C(C)C)n2)CC1. The molecule has 0 aromatic carbocycles.